The number of carbonyl (C=O) groups is 2. The van der Waals surface area contributed by atoms with Gasteiger partial charge in [-0.1, -0.05) is 75.2 Å². The number of piperidine rings is 3. The normalized spacial score (nSPS) is 19.2. The van der Waals surface area contributed by atoms with Crippen molar-refractivity contribution in [2.24, 2.45) is 41.5 Å². The van der Waals surface area contributed by atoms with Crippen LogP contribution in [0.3, 0.4) is 0 Å². The van der Waals surface area contributed by atoms with Gasteiger partial charge in [0, 0.05) is 95.2 Å². The van der Waals surface area contributed by atoms with Gasteiger partial charge in [-0.2, -0.15) is 5.10 Å². The van der Waals surface area contributed by atoms with Gasteiger partial charge in [0.15, 0.2) is 5.82 Å². The predicted octanol–water partition coefficient (Wildman–Crippen LogP) is 8.53. The van der Waals surface area contributed by atoms with E-state index in [1.54, 1.807) is 35.4 Å². The lowest BCUT2D eigenvalue weighted by Gasteiger charge is -2.52. The number of nitrogens with two attached hydrogens (primary N) is 3. The Bertz CT molecular complexity index is 2990. The monoisotopic (exact) mass is 1180 g/mol. The second-order valence-corrected chi connectivity index (χ2v) is 25.1. The number of likely N-dealkylation sites (tertiary alicyclic amines) is 3. The minimum atomic E-state index is -0.501. The zero-order chi connectivity index (χ0) is 60.6. The van der Waals surface area contributed by atoms with Crippen molar-refractivity contribution in [2.75, 3.05) is 83.4 Å². The van der Waals surface area contributed by atoms with Crippen molar-refractivity contribution in [3.8, 4) is 22.9 Å². The first kappa shape index (κ1) is 63.4. The molecular formula is C67H98N14O5. The zero-order valence-electron chi connectivity index (χ0n) is 52.0. The van der Waals surface area contributed by atoms with Gasteiger partial charge < -0.3 is 66.7 Å². The van der Waals surface area contributed by atoms with E-state index in [4.69, 9.17) is 26.5 Å². The van der Waals surface area contributed by atoms with Gasteiger partial charge in [0.1, 0.15) is 29.5 Å². The Morgan fingerprint density at radius 1 is 0.860 bits per heavy atom. The van der Waals surface area contributed by atoms with Gasteiger partial charge in [-0.25, -0.2) is 4.98 Å². The number of ether oxygens (including phenoxy) is 1. The molecule has 4 aliphatic heterocycles. The number of aromatic nitrogens is 4. The van der Waals surface area contributed by atoms with E-state index in [-0.39, 0.29) is 42.0 Å². The highest BCUT2D eigenvalue weighted by Crippen LogP contribution is 2.50. The smallest absolute Gasteiger partial charge is 0.243 e. The Morgan fingerprint density at radius 3 is 2.23 bits per heavy atom. The number of anilines is 1. The number of amides is 2. The second kappa shape index (κ2) is 30.5. The van der Waals surface area contributed by atoms with E-state index in [0.29, 0.717) is 66.0 Å². The van der Waals surface area contributed by atoms with Crippen molar-refractivity contribution in [3.05, 3.63) is 125 Å². The molecule has 5 aromatic rings. The topological polar surface area (TPSA) is 239 Å². The first-order valence-corrected chi connectivity index (χ1v) is 32.1. The molecule has 5 aliphatic rings. The Morgan fingerprint density at radius 2 is 1.56 bits per heavy atom. The molecule has 0 bridgehead atoms. The molecular weight excluding hydrogens is 1080 g/mol. The largest absolute Gasteiger partial charge is 0.507 e. The van der Waals surface area contributed by atoms with Crippen LogP contribution in [0.15, 0.2) is 107 Å². The van der Waals surface area contributed by atoms with Gasteiger partial charge in [-0.15, -0.1) is 0 Å². The van der Waals surface area contributed by atoms with Gasteiger partial charge in [0.05, 0.1) is 23.9 Å². The molecule has 2 unspecified atom stereocenters. The first-order chi connectivity index (χ1) is 41.7. The summed E-state index contributed by atoms with van der Waals surface area (Å²) in [6, 6.07) is 22.4. The highest BCUT2D eigenvalue weighted by molar-refractivity contribution is 5.89. The Labute approximate surface area is 510 Å². The lowest BCUT2D eigenvalue weighted by molar-refractivity contribution is -0.138. The molecule has 2 aromatic carbocycles. The third-order valence-corrected chi connectivity index (χ3v) is 18.4. The zero-order valence-corrected chi connectivity index (χ0v) is 52.0. The molecule has 1 aliphatic carbocycles. The fourth-order valence-electron chi connectivity index (χ4n) is 13.4. The number of phenols is 1. The first-order valence-electron chi connectivity index (χ1n) is 32.1. The number of nitrogens with one attached hydrogen (secondary N) is 2. The SMILES string of the molecule is CCC.CCCCNCCN(Cc1ccnc(OC2CC3(CCN(CC4CCN(CC5CCN(c6cc(CC(=O)N7CCCC7C(=O)NC(C)c7ccc(-c8ccnn8C)cc7)on6)CC5)CC4)CC3)C2)c1)C(/C=C(\N)c1ccccc1O)=C(N)N. The van der Waals surface area contributed by atoms with Crippen molar-refractivity contribution in [1.29, 1.82) is 0 Å². The highest BCUT2D eigenvalue weighted by Gasteiger charge is 2.47. The number of aryl methyl sites for hydroxylation is 1. The summed E-state index contributed by atoms with van der Waals surface area (Å²) in [5, 5.41) is 25.9. The average Bonchev–Trinajstić information content (AvgIpc) is 1.55. The predicted molar refractivity (Wildman–Crippen MR) is 340 cm³/mol. The van der Waals surface area contributed by atoms with Gasteiger partial charge >= 0.3 is 0 Å². The third-order valence-electron chi connectivity index (χ3n) is 18.4. The summed E-state index contributed by atoms with van der Waals surface area (Å²) in [5.41, 5.74) is 25.1. The number of carbonyl (C=O) groups excluding carboxylic acids is 2. The summed E-state index contributed by atoms with van der Waals surface area (Å²) < 4.78 is 14.1. The van der Waals surface area contributed by atoms with Crippen LogP contribution < -0.4 is 37.5 Å². The molecule has 19 heteroatoms. The highest BCUT2D eigenvalue weighted by atomic mass is 16.5. The molecule has 9 N–H and O–H groups in total. The number of pyridine rings is 1. The molecule has 19 nitrogen and oxygen atoms in total. The van der Waals surface area contributed by atoms with Crippen LogP contribution in [0.5, 0.6) is 11.6 Å². The van der Waals surface area contributed by atoms with Crippen molar-refractivity contribution in [2.45, 2.75) is 142 Å². The fraction of sp³-hybridized carbons (Fsp3) is 0.567. The van der Waals surface area contributed by atoms with Crippen molar-refractivity contribution < 1.29 is 24.0 Å². The molecule has 4 saturated heterocycles. The molecule has 1 saturated carbocycles. The summed E-state index contributed by atoms with van der Waals surface area (Å²) in [5.74, 6) is 3.41. The number of benzene rings is 2. The quantitative estimate of drug-likeness (QED) is 0.0251. The number of hydrogen-bond donors (Lipinski definition) is 6. The van der Waals surface area contributed by atoms with E-state index in [1.807, 2.05) is 79.4 Å². The van der Waals surface area contributed by atoms with Gasteiger partial charge in [0.25, 0.3) is 0 Å². The minimum Gasteiger partial charge on any atom is -0.507 e. The number of para-hydroxylation sites is 1. The average molecular weight is 1180 g/mol. The molecule has 3 aromatic heterocycles. The van der Waals surface area contributed by atoms with E-state index < -0.39 is 6.04 Å². The number of aromatic hydroxyl groups is 1. The van der Waals surface area contributed by atoms with Crippen LogP contribution in [-0.2, 0) is 29.6 Å². The Balaban J connectivity index is 0.00000288. The maximum Gasteiger partial charge on any atom is 0.243 e. The molecule has 2 amide bonds. The third kappa shape index (κ3) is 16.9. The Kier molecular flexibility index (Phi) is 22.5. The summed E-state index contributed by atoms with van der Waals surface area (Å²) in [6.45, 7) is 20.7. The van der Waals surface area contributed by atoms with E-state index in [1.165, 1.54) is 51.7 Å². The van der Waals surface area contributed by atoms with E-state index in [0.717, 1.165) is 125 Å². The number of unbranched alkanes of at least 4 members (excludes halogenated alkanes) is 1. The maximum atomic E-state index is 13.6. The van der Waals surface area contributed by atoms with Crippen LogP contribution in [0.1, 0.15) is 140 Å². The number of allylic oxidation sites excluding steroid dienone is 1. The molecule has 2 atom stereocenters. The van der Waals surface area contributed by atoms with Crippen LogP contribution in [-0.4, -0.2) is 147 Å². The number of phenolic OH excluding ortho intramolecular Hbond substituents is 1. The number of rotatable bonds is 24. The summed E-state index contributed by atoms with van der Waals surface area (Å²) >= 11 is 0. The van der Waals surface area contributed by atoms with Crippen molar-refractivity contribution in [1.82, 2.24) is 50.2 Å². The number of hydrogen-bond acceptors (Lipinski definition) is 16. The molecule has 1 spiro atoms. The molecule has 10 rings (SSSR count). The lowest BCUT2D eigenvalue weighted by Crippen LogP contribution is -2.52. The van der Waals surface area contributed by atoms with Gasteiger partial charge in [-0.05, 0) is 175 Å². The minimum absolute atomic E-state index is 0.0885. The number of nitrogens with zero attached hydrogens (tertiary/aromatic N) is 9. The van der Waals surface area contributed by atoms with Crippen LogP contribution in [0.2, 0.25) is 0 Å². The van der Waals surface area contributed by atoms with Crippen LogP contribution in [0.25, 0.3) is 17.0 Å². The maximum absolute atomic E-state index is 13.6. The van der Waals surface area contributed by atoms with Crippen molar-refractivity contribution >= 4 is 23.3 Å². The Hall–Kier alpha value is -7.09. The summed E-state index contributed by atoms with van der Waals surface area (Å²) in [7, 11) is 1.92. The molecule has 7 heterocycles. The molecule has 5 fully saturated rings. The van der Waals surface area contributed by atoms with Crippen LogP contribution in [0, 0.1) is 17.3 Å². The van der Waals surface area contributed by atoms with E-state index in [9.17, 15) is 14.7 Å². The van der Waals surface area contributed by atoms with E-state index in [2.05, 4.69) is 66.2 Å². The summed E-state index contributed by atoms with van der Waals surface area (Å²) in [4.78, 5) is 43.4. The van der Waals surface area contributed by atoms with Crippen LogP contribution in [0.4, 0.5) is 5.82 Å². The fourth-order valence-corrected chi connectivity index (χ4v) is 13.4. The van der Waals surface area contributed by atoms with Gasteiger partial charge in [-0.3, -0.25) is 14.3 Å². The molecule has 86 heavy (non-hydrogen) atoms. The molecule has 0 radical (unpaired) electrons. The lowest BCUT2D eigenvalue weighted by atomic mass is 9.61. The summed E-state index contributed by atoms with van der Waals surface area (Å²) in [6.07, 6.45) is 19.8. The second-order valence-electron chi connectivity index (χ2n) is 25.1. The van der Waals surface area contributed by atoms with Crippen molar-refractivity contribution in [3.63, 3.8) is 0 Å². The van der Waals surface area contributed by atoms with E-state index >= 15 is 0 Å². The van der Waals surface area contributed by atoms with Gasteiger partial charge in [0.2, 0.25) is 17.7 Å². The molecule has 466 valence electrons. The van der Waals surface area contributed by atoms with Crippen LogP contribution >= 0.6 is 0 Å². The standard InChI is InChI=1S/C64H90N14O5.C3H8/c1-4-5-24-68-27-35-77(57(62(66)67)39-54(65)53-9-6-7-11-58(53)79)44-48-16-25-69-60(36-48)82-52-40-64(41-52)22-33-75(34-23-64)43-46-18-29-74(30-19-46)42-47-20-31-76(32-21-47)59-37-51(83-72-59)38-61(80)78-28-8-10-56(78)63(81)71-45(2)49-12-14-50(15-13-49)55-17-26-70-73(55)3;1-3-2/h6-7,9,11-17,25-26,36-37,39,45-47,52,56,68,79H,4-5,8,10,18-24,27-35,38,40-44,65-67H2,1-3H3,(H,71,81);3H2,1-2H3/b54-39-;.